The summed E-state index contributed by atoms with van der Waals surface area (Å²) in [6.07, 6.45) is 0. The molecular weight excluding hydrogens is 374 g/mol. The zero-order valence-corrected chi connectivity index (χ0v) is 12.9. The molecule has 0 aliphatic carbocycles. The fourth-order valence-electron chi connectivity index (χ4n) is 0. The van der Waals surface area contributed by atoms with Gasteiger partial charge in [-0.25, -0.2) is 0 Å². The second-order valence-electron chi connectivity index (χ2n) is 0. The van der Waals surface area contributed by atoms with Gasteiger partial charge in [-0.3, -0.25) is 0 Å². The van der Waals surface area contributed by atoms with Crippen LogP contribution in [0.2, 0.25) is 0 Å². The summed E-state index contributed by atoms with van der Waals surface area (Å²) in [6, 6.07) is 0. The Morgan fingerprint density at radius 1 is 1.00 bits per heavy atom. The minimum absolute atomic E-state index is 0. The smallest absolute Gasteiger partial charge is 0 e. The Balaban J connectivity index is 0. The Morgan fingerprint density at radius 2 is 1.00 bits per heavy atom. The molecule has 0 N–H and O–H groups in total. The summed E-state index contributed by atoms with van der Waals surface area (Å²) in [4.78, 5) is 0. The van der Waals surface area contributed by atoms with Crippen molar-refractivity contribution >= 4 is 65.7 Å². The van der Waals surface area contributed by atoms with E-state index in [4.69, 9.17) is 0 Å². The van der Waals surface area contributed by atoms with Gasteiger partial charge in [0, 0.05) is 38.2 Å². The molecule has 0 spiro atoms. The van der Waals surface area contributed by atoms with Gasteiger partial charge in [-0.15, -0.1) is 0 Å². The van der Waals surface area contributed by atoms with Crippen molar-refractivity contribution in [3.8, 4) is 0 Å². The minimum Gasteiger partial charge on any atom is 0 e. The van der Waals surface area contributed by atoms with Gasteiger partial charge in [-0.05, 0) is 0 Å². The average Bonchev–Trinajstić information content (AvgIpc) is 0. The molecule has 34 valence electrons. The van der Waals surface area contributed by atoms with Crippen LogP contribution in [0.4, 0.5) is 0 Å². The van der Waals surface area contributed by atoms with Crippen LogP contribution >= 0.6 is 0 Å². The van der Waals surface area contributed by atoms with Crippen LogP contribution in [0.1, 0.15) is 0 Å². The molecule has 5 heavy (non-hydrogen) atoms. The topological polar surface area (TPSA) is 0 Å². The largest absolute Gasteiger partial charge is 0 e. The summed E-state index contributed by atoms with van der Waals surface area (Å²) in [6.45, 7) is 0. The molecule has 0 bridgehead atoms. The summed E-state index contributed by atoms with van der Waals surface area (Å²) in [5.41, 5.74) is 0. The van der Waals surface area contributed by atoms with E-state index in [9.17, 15) is 0 Å². The number of hydrogen-bond donors (Lipinski definition) is 0. The second kappa shape index (κ2) is 26.4. The molecule has 0 amide bonds. The van der Waals surface area contributed by atoms with Crippen molar-refractivity contribution in [1.82, 2.24) is 0 Å². The molecule has 0 saturated carbocycles. The summed E-state index contributed by atoms with van der Waals surface area (Å²) >= 11 is 0. The molecule has 0 nitrogen and oxygen atoms in total. The fourth-order valence-corrected chi connectivity index (χ4v) is 0. The first-order chi connectivity index (χ1) is 0. The predicted molar refractivity (Wildman–Crippen MR) is 28.4 cm³/mol. The molecule has 0 rings (SSSR count). The molecule has 2 radical (unpaired) electrons. The standard InChI is InChI=1S/Al.Ni.Sb.Sn.Ti.8H. The van der Waals surface area contributed by atoms with Gasteiger partial charge in [0.2, 0.25) is 0 Å². The van der Waals surface area contributed by atoms with Crippen molar-refractivity contribution in [2.24, 2.45) is 0 Å². The Labute approximate surface area is 102 Å². The van der Waals surface area contributed by atoms with E-state index >= 15 is 0 Å². The minimum atomic E-state index is 0. The first-order valence-corrected chi connectivity index (χ1v) is 0. The van der Waals surface area contributed by atoms with E-state index in [0.29, 0.717) is 0 Å². The van der Waals surface area contributed by atoms with Gasteiger partial charge in [0.25, 0.3) is 0 Å². The van der Waals surface area contributed by atoms with Gasteiger partial charge < -0.3 is 0 Å². The first-order valence-electron chi connectivity index (χ1n) is 0. The average molecular weight is 382 g/mol. The zero-order valence-electron chi connectivity index (χ0n) is 2.23. The van der Waals surface area contributed by atoms with Crippen LogP contribution in [0, 0.1) is 0 Å². The van der Waals surface area contributed by atoms with Crippen molar-refractivity contribution in [2.75, 3.05) is 0 Å². The summed E-state index contributed by atoms with van der Waals surface area (Å²) in [5, 5.41) is 0. The van der Waals surface area contributed by atoms with E-state index in [1.165, 1.54) is 0 Å². The molecule has 0 saturated heterocycles. The first kappa shape index (κ1) is 40.1. The fraction of sp³-hybridized carbons (Fsp3) is 0. The monoisotopic (exact) mass is 382 g/mol. The van der Waals surface area contributed by atoms with Crippen LogP contribution in [0.5, 0.6) is 0 Å². The van der Waals surface area contributed by atoms with Crippen LogP contribution in [0.15, 0.2) is 0 Å². The van der Waals surface area contributed by atoms with Crippen LogP contribution in [0.3, 0.4) is 0 Å². The molecule has 0 aliphatic rings. The molecule has 0 unspecified atom stereocenters. The Hall–Kier alpha value is 3.36. The third kappa shape index (κ3) is 18.7. The van der Waals surface area contributed by atoms with Gasteiger partial charge in [-0.1, -0.05) is 0 Å². The molecule has 0 heterocycles. The van der Waals surface area contributed by atoms with E-state index in [1.807, 2.05) is 0 Å². The molecule has 0 fully saturated rings. The van der Waals surface area contributed by atoms with Gasteiger partial charge >= 0.3 is 48.3 Å². The van der Waals surface area contributed by atoms with Crippen LogP contribution in [0.25, 0.3) is 0 Å². The zero-order chi connectivity index (χ0) is 0. The predicted octanol–water partition coefficient (Wildman–Crippen LogP) is -3.29. The van der Waals surface area contributed by atoms with E-state index in [-0.39, 0.29) is 104 Å². The van der Waals surface area contributed by atoms with Crippen molar-refractivity contribution in [3.63, 3.8) is 0 Å². The van der Waals surface area contributed by atoms with Gasteiger partial charge in [-0.2, -0.15) is 0 Å². The summed E-state index contributed by atoms with van der Waals surface area (Å²) in [5.74, 6) is 0. The van der Waals surface area contributed by atoms with Crippen molar-refractivity contribution < 1.29 is 38.2 Å². The molecule has 0 aromatic carbocycles. The third-order valence-electron chi connectivity index (χ3n) is 0. The van der Waals surface area contributed by atoms with Crippen molar-refractivity contribution in [1.29, 1.82) is 0 Å². The molecule has 0 aromatic heterocycles. The van der Waals surface area contributed by atoms with Gasteiger partial charge in [0.15, 0.2) is 17.4 Å². The van der Waals surface area contributed by atoms with Gasteiger partial charge in [0.05, 0.1) is 0 Å². The number of rotatable bonds is 0. The van der Waals surface area contributed by atoms with Crippen molar-refractivity contribution in [3.05, 3.63) is 0 Å². The van der Waals surface area contributed by atoms with Crippen LogP contribution < -0.4 is 0 Å². The summed E-state index contributed by atoms with van der Waals surface area (Å²) in [7, 11) is 0. The van der Waals surface area contributed by atoms with Crippen LogP contribution in [-0.2, 0) is 38.2 Å². The maximum absolute atomic E-state index is 0. The third-order valence-corrected chi connectivity index (χ3v) is 0. The van der Waals surface area contributed by atoms with E-state index in [2.05, 4.69) is 0 Å². The quantitative estimate of drug-likeness (QED) is 0.386. The Bertz CT molecular complexity index is 11.6. The van der Waals surface area contributed by atoms with Gasteiger partial charge in [0.1, 0.15) is 0 Å². The SMILES string of the molecule is [AlH3].[Ni].[SbH3].[SnH2].[Ti]. The molecule has 0 aromatic rings. The van der Waals surface area contributed by atoms with Crippen LogP contribution in [-0.4, -0.2) is 65.7 Å². The molecular formula is H8AlNiSbSnTi. The maximum Gasteiger partial charge on any atom is 0 e. The van der Waals surface area contributed by atoms with E-state index in [1.54, 1.807) is 0 Å². The maximum atomic E-state index is 0. The van der Waals surface area contributed by atoms with E-state index < -0.39 is 0 Å². The Morgan fingerprint density at radius 3 is 1.00 bits per heavy atom. The molecule has 5 heteroatoms. The van der Waals surface area contributed by atoms with E-state index in [0.717, 1.165) is 0 Å². The molecule has 0 aliphatic heterocycles. The van der Waals surface area contributed by atoms with Crippen molar-refractivity contribution in [2.45, 2.75) is 0 Å². The second-order valence-corrected chi connectivity index (χ2v) is 0. The normalized spacial score (nSPS) is 0. The summed E-state index contributed by atoms with van der Waals surface area (Å²) < 4.78 is 0. The Kier molecular flexibility index (Phi) is 212. The molecule has 0 atom stereocenters. The number of hydrogen-bond acceptors (Lipinski definition) is 0.